The Morgan fingerprint density at radius 3 is 2.33 bits per heavy atom. The first kappa shape index (κ1) is 15.3. The van der Waals surface area contributed by atoms with E-state index in [1.54, 1.807) is 7.11 Å². The number of carbonyl (C=O) groups is 1. The topological polar surface area (TPSA) is 64.3 Å². The first-order chi connectivity index (χ1) is 9.93. The van der Waals surface area contributed by atoms with Crippen molar-refractivity contribution in [1.82, 2.24) is 5.32 Å². The van der Waals surface area contributed by atoms with Crippen molar-refractivity contribution in [2.75, 3.05) is 7.11 Å². The van der Waals surface area contributed by atoms with Gasteiger partial charge in [-0.2, -0.15) is 0 Å². The third kappa shape index (κ3) is 2.61. The third-order valence-electron chi connectivity index (χ3n) is 6.56. The summed E-state index contributed by atoms with van der Waals surface area (Å²) < 4.78 is 5.47. The second kappa shape index (κ2) is 5.54. The number of carbonyl (C=O) groups excluding carboxylic acids is 1. The highest BCUT2D eigenvalue weighted by Gasteiger charge is 2.50. The molecular formula is C17H30N2O2. The van der Waals surface area contributed by atoms with Crippen molar-refractivity contribution in [2.45, 2.75) is 70.6 Å². The minimum Gasteiger partial charge on any atom is -0.381 e. The molecule has 3 saturated carbocycles. The zero-order chi connectivity index (χ0) is 15.2. The number of nitrogens with two attached hydrogens (primary N) is 1. The Labute approximate surface area is 128 Å². The maximum absolute atomic E-state index is 12.6. The summed E-state index contributed by atoms with van der Waals surface area (Å²) in [4.78, 5) is 12.6. The minimum absolute atomic E-state index is 0.0470. The van der Waals surface area contributed by atoms with E-state index in [1.165, 1.54) is 19.3 Å². The Hall–Kier alpha value is -0.610. The smallest absolute Gasteiger partial charge is 0.223 e. The van der Waals surface area contributed by atoms with Gasteiger partial charge in [-0.25, -0.2) is 0 Å². The van der Waals surface area contributed by atoms with Crippen LogP contribution in [0.25, 0.3) is 0 Å². The van der Waals surface area contributed by atoms with Gasteiger partial charge in [0.2, 0.25) is 5.91 Å². The lowest BCUT2D eigenvalue weighted by atomic mass is 9.63. The van der Waals surface area contributed by atoms with Crippen LogP contribution in [0.5, 0.6) is 0 Å². The number of amides is 1. The molecule has 0 radical (unpaired) electrons. The lowest BCUT2D eigenvalue weighted by molar-refractivity contribution is -0.138. The van der Waals surface area contributed by atoms with E-state index in [1.807, 2.05) is 0 Å². The van der Waals surface area contributed by atoms with Crippen LogP contribution in [-0.2, 0) is 9.53 Å². The van der Waals surface area contributed by atoms with Crippen LogP contribution >= 0.6 is 0 Å². The lowest BCUT2D eigenvalue weighted by Gasteiger charge is -2.52. The number of ether oxygens (including phenoxy) is 1. The van der Waals surface area contributed by atoms with Gasteiger partial charge in [0.25, 0.3) is 0 Å². The highest BCUT2D eigenvalue weighted by Crippen LogP contribution is 2.44. The van der Waals surface area contributed by atoms with Crippen molar-refractivity contribution in [3.8, 4) is 0 Å². The van der Waals surface area contributed by atoms with E-state index < -0.39 is 0 Å². The minimum atomic E-state index is 0.0470. The molecule has 1 amide bonds. The van der Waals surface area contributed by atoms with Gasteiger partial charge in [0, 0.05) is 30.5 Å². The molecule has 3 fully saturated rings. The summed E-state index contributed by atoms with van der Waals surface area (Å²) in [5.74, 6) is 1.56. The molecule has 120 valence electrons. The van der Waals surface area contributed by atoms with Crippen LogP contribution < -0.4 is 11.1 Å². The molecule has 0 spiro atoms. The van der Waals surface area contributed by atoms with Crippen LogP contribution in [0.2, 0.25) is 0 Å². The lowest BCUT2D eigenvalue weighted by Crippen LogP contribution is -2.63. The molecule has 4 nitrogen and oxygen atoms in total. The highest BCUT2D eigenvalue weighted by atomic mass is 16.5. The summed E-state index contributed by atoms with van der Waals surface area (Å²) in [6.45, 7) is 4.36. The first-order valence-electron chi connectivity index (χ1n) is 8.52. The van der Waals surface area contributed by atoms with Crippen LogP contribution in [0.1, 0.15) is 52.4 Å². The standard InChI is InChI=1S/C17H30N2O2/c1-17(2)13(9-14(17)21-3)19-16(20)12-7-10-5-4-6-11(8-12)15(10)18/h10-15H,4-9,18H2,1-3H3,(H,19,20). The van der Waals surface area contributed by atoms with E-state index in [0.717, 1.165) is 19.3 Å². The van der Waals surface area contributed by atoms with Crippen LogP contribution in [0.4, 0.5) is 0 Å². The van der Waals surface area contributed by atoms with Crippen molar-refractivity contribution in [2.24, 2.45) is 28.9 Å². The average Bonchev–Trinajstić information content (AvgIpc) is 2.42. The molecule has 3 rings (SSSR count). The summed E-state index contributed by atoms with van der Waals surface area (Å²) in [7, 11) is 1.76. The first-order valence-corrected chi connectivity index (χ1v) is 8.52. The molecule has 4 atom stereocenters. The Morgan fingerprint density at radius 1 is 1.19 bits per heavy atom. The molecule has 0 aromatic rings. The highest BCUT2D eigenvalue weighted by molar-refractivity contribution is 5.79. The molecule has 0 heterocycles. The Bertz CT molecular complexity index is 396. The van der Waals surface area contributed by atoms with E-state index in [0.29, 0.717) is 17.9 Å². The summed E-state index contributed by atoms with van der Waals surface area (Å²) in [5, 5.41) is 3.29. The van der Waals surface area contributed by atoms with Gasteiger partial charge in [0.1, 0.15) is 0 Å². The number of nitrogens with one attached hydrogen (secondary N) is 1. The van der Waals surface area contributed by atoms with E-state index in [-0.39, 0.29) is 29.4 Å². The third-order valence-corrected chi connectivity index (χ3v) is 6.56. The van der Waals surface area contributed by atoms with Gasteiger partial charge in [0.05, 0.1) is 6.10 Å². The molecule has 0 aromatic heterocycles. The predicted octanol–water partition coefficient (Wildman–Crippen LogP) is 2.07. The van der Waals surface area contributed by atoms with Crippen molar-refractivity contribution in [3.63, 3.8) is 0 Å². The number of methoxy groups -OCH3 is 1. The monoisotopic (exact) mass is 294 g/mol. The van der Waals surface area contributed by atoms with Gasteiger partial charge in [-0.1, -0.05) is 20.3 Å². The molecular weight excluding hydrogens is 264 g/mol. The second-order valence-corrected chi connectivity index (χ2v) is 8.04. The van der Waals surface area contributed by atoms with Crippen LogP contribution in [0, 0.1) is 23.2 Å². The number of hydrogen-bond acceptors (Lipinski definition) is 3. The molecule has 2 bridgehead atoms. The molecule has 21 heavy (non-hydrogen) atoms. The van der Waals surface area contributed by atoms with Gasteiger partial charge in [-0.3, -0.25) is 4.79 Å². The molecule has 0 aromatic carbocycles. The predicted molar refractivity (Wildman–Crippen MR) is 82.7 cm³/mol. The van der Waals surface area contributed by atoms with Gasteiger partial charge < -0.3 is 15.8 Å². The SMILES string of the molecule is COC1CC(NC(=O)C2CC3CCCC(C2)C3N)C1(C)C. The van der Waals surface area contributed by atoms with E-state index in [9.17, 15) is 4.79 Å². The normalized spacial score (nSPS) is 44.8. The largest absolute Gasteiger partial charge is 0.381 e. The Kier molecular flexibility index (Phi) is 4.04. The Balaban J connectivity index is 1.57. The molecule has 4 unspecified atom stereocenters. The number of fused-ring (bicyclic) bond motifs is 2. The average molecular weight is 294 g/mol. The maximum atomic E-state index is 12.6. The van der Waals surface area contributed by atoms with E-state index >= 15 is 0 Å². The summed E-state index contributed by atoms with van der Waals surface area (Å²) in [6.07, 6.45) is 6.90. The summed E-state index contributed by atoms with van der Waals surface area (Å²) >= 11 is 0. The zero-order valence-corrected chi connectivity index (χ0v) is 13.6. The van der Waals surface area contributed by atoms with Crippen molar-refractivity contribution >= 4 is 5.91 Å². The molecule has 3 aliphatic rings. The van der Waals surface area contributed by atoms with Gasteiger partial charge in [0.15, 0.2) is 0 Å². The number of hydrogen-bond donors (Lipinski definition) is 2. The molecule has 3 N–H and O–H groups in total. The van der Waals surface area contributed by atoms with E-state index in [2.05, 4.69) is 19.2 Å². The molecule has 4 heteroatoms. The van der Waals surface area contributed by atoms with Crippen LogP contribution in [0.3, 0.4) is 0 Å². The number of rotatable bonds is 3. The van der Waals surface area contributed by atoms with E-state index in [4.69, 9.17) is 10.5 Å². The van der Waals surface area contributed by atoms with Crippen molar-refractivity contribution in [1.29, 1.82) is 0 Å². The molecule has 0 saturated heterocycles. The van der Waals surface area contributed by atoms with Gasteiger partial charge in [-0.15, -0.1) is 0 Å². The quantitative estimate of drug-likeness (QED) is 0.837. The fourth-order valence-electron chi connectivity index (χ4n) is 4.82. The van der Waals surface area contributed by atoms with Crippen molar-refractivity contribution in [3.05, 3.63) is 0 Å². The zero-order valence-electron chi connectivity index (χ0n) is 13.6. The summed E-state index contributed by atoms with van der Waals surface area (Å²) in [5.41, 5.74) is 6.36. The maximum Gasteiger partial charge on any atom is 0.223 e. The van der Waals surface area contributed by atoms with Gasteiger partial charge in [-0.05, 0) is 43.9 Å². The van der Waals surface area contributed by atoms with Crippen molar-refractivity contribution < 1.29 is 9.53 Å². The molecule has 0 aliphatic heterocycles. The fraction of sp³-hybridized carbons (Fsp3) is 0.941. The fourth-order valence-corrected chi connectivity index (χ4v) is 4.82. The second-order valence-electron chi connectivity index (χ2n) is 8.04. The van der Waals surface area contributed by atoms with Crippen LogP contribution in [0.15, 0.2) is 0 Å². The van der Waals surface area contributed by atoms with Gasteiger partial charge >= 0.3 is 0 Å². The molecule has 3 aliphatic carbocycles. The summed E-state index contributed by atoms with van der Waals surface area (Å²) in [6, 6.07) is 0.589. The Morgan fingerprint density at radius 2 is 1.81 bits per heavy atom. The van der Waals surface area contributed by atoms with Crippen LogP contribution in [-0.4, -0.2) is 31.2 Å².